The number of nitro benzene ring substituents is 1. The Morgan fingerprint density at radius 1 is 1.17 bits per heavy atom. The molecule has 0 saturated heterocycles. The van der Waals surface area contributed by atoms with Gasteiger partial charge < -0.3 is 5.32 Å². The summed E-state index contributed by atoms with van der Waals surface area (Å²) in [7, 11) is 0. The predicted octanol–water partition coefficient (Wildman–Crippen LogP) is 4.19. The van der Waals surface area contributed by atoms with Crippen molar-refractivity contribution >= 4 is 23.4 Å². The monoisotopic (exact) mass is 425 g/mol. The first-order chi connectivity index (χ1) is 14.5. The van der Waals surface area contributed by atoms with Crippen molar-refractivity contribution in [1.29, 1.82) is 0 Å². The van der Waals surface area contributed by atoms with Crippen LogP contribution in [0.3, 0.4) is 0 Å². The highest BCUT2D eigenvalue weighted by Gasteiger charge is 2.17. The second-order valence-electron chi connectivity index (χ2n) is 6.75. The van der Waals surface area contributed by atoms with Crippen LogP contribution in [0.15, 0.2) is 53.7 Å². The van der Waals surface area contributed by atoms with Crippen LogP contribution in [0.2, 0.25) is 0 Å². The normalized spacial score (nSPS) is 10.7. The fraction of sp³-hybridized carbons (Fsp3) is 0.286. The van der Waals surface area contributed by atoms with Crippen molar-refractivity contribution in [3.8, 4) is 5.69 Å². The first-order valence-corrected chi connectivity index (χ1v) is 10.6. The molecule has 0 radical (unpaired) electrons. The maximum Gasteiger partial charge on any atom is 0.269 e. The first kappa shape index (κ1) is 21.5. The average Bonchev–Trinajstić information content (AvgIpc) is 3.14. The lowest BCUT2D eigenvalue weighted by Gasteiger charge is -2.11. The van der Waals surface area contributed by atoms with E-state index >= 15 is 0 Å². The number of benzene rings is 2. The molecule has 30 heavy (non-hydrogen) atoms. The molecule has 3 aromatic rings. The number of hydrogen-bond donors (Lipinski definition) is 1. The van der Waals surface area contributed by atoms with Crippen LogP contribution in [0.4, 0.5) is 5.69 Å². The standard InChI is InChI=1S/C21H23N5O3S/c1-3-6-20(27)22-13-19-23-24-21(30-14-16-8-5-4-7-15(16)2)25(19)17-9-11-18(12-10-17)26(28)29/h4-5,7-12H,3,6,13-14H2,1-2H3,(H,22,27). The highest BCUT2D eigenvalue weighted by Crippen LogP contribution is 2.27. The minimum absolute atomic E-state index is 0.0127. The van der Waals surface area contributed by atoms with E-state index in [4.69, 9.17) is 0 Å². The van der Waals surface area contributed by atoms with Gasteiger partial charge >= 0.3 is 0 Å². The predicted molar refractivity (Wildman–Crippen MR) is 116 cm³/mol. The van der Waals surface area contributed by atoms with Gasteiger partial charge in [-0.05, 0) is 36.6 Å². The van der Waals surface area contributed by atoms with Gasteiger partial charge in [-0.1, -0.05) is 43.0 Å². The molecule has 1 heterocycles. The van der Waals surface area contributed by atoms with Gasteiger partial charge in [0.2, 0.25) is 5.91 Å². The van der Waals surface area contributed by atoms with Gasteiger partial charge in [0.1, 0.15) is 0 Å². The molecule has 0 bridgehead atoms. The SMILES string of the molecule is CCCC(=O)NCc1nnc(SCc2ccccc2C)n1-c1ccc([N+](=O)[O-])cc1. The number of thioether (sulfide) groups is 1. The largest absolute Gasteiger partial charge is 0.349 e. The molecule has 0 unspecified atom stereocenters. The topological polar surface area (TPSA) is 103 Å². The summed E-state index contributed by atoms with van der Waals surface area (Å²) in [4.78, 5) is 22.4. The van der Waals surface area contributed by atoms with Crippen LogP contribution in [0.25, 0.3) is 5.69 Å². The highest BCUT2D eigenvalue weighted by molar-refractivity contribution is 7.98. The van der Waals surface area contributed by atoms with E-state index in [1.165, 1.54) is 35.0 Å². The van der Waals surface area contributed by atoms with E-state index in [9.17, 15) is 14.9 Å². The minimum atomic E-state index is -0.435. The van der Waals surface area contributed by atoms with Crippen molar-refractivity contribution in [1.82, 2.24) is 20.1 Å². The minimum Gasteiger partial charge on any atom is -0.349 e. The van der Waals surface area contributed by atoms with E-state index in [2.05, 4.69) is 34.6 Å². The first-order valence-electron chi connectivity index (χ1n) is 9.62. The molecule has 1 aromatic heterocycles. The lowest BCUT2D eigenvalue weighted by Crippen LogP contribution is -2.24. The average molecular weight is 426 g/mol. The van der Waals surface area contributed by atoms with E-state index < -0.39 is 4.92 Å². The van der Waals surface area contributed by atoms with Gasteiger partial charge in [0.15, 0.2) is 11.0 Å². The third-order valence-electron chi connectivity index (χ3n) is 4.56. The summed E-state index contributed by atoms with van der Waals surface area (Å²) in [6.07, 6.45) is 1.21. The van der Waals surface area contributed by atoms with Crippen LogP contribution in [-0.2, 0) is 17.1 Å². The van der Waals surface area contributed by atoms with E-state index in [0.29, 0.717) is 28.8 Å². The Morgan fingerprint density at radius 3 is 2.57 bits per heavy atom. The molecular formula is C21H23N5O3S. The third-order valence-corrected chi connectivity index (χ3v) is 5.54. The van der Waals surface area contributed by atoms with E-state index in [1.54, 1.807) is 12.1 Å². The fourth-order valence-electron chi connectivity index (χ4n) is 2.90. The zero-order chi connectivity index (χ0) is 21.5. The van der Waals surface area contributed by atoms with Crippen molar-refractivity contribution in [3.63, 3.8) is 0 Å². The maximum absolute atomic E-state index is 11.9. The number of non-ortho nitro benzene ring substituents is 1. The summed E-state index contributed by atoms with van der Waals surface area (Å²) in [6, 6.07) is 14.4. The lowest BCUT2D eigenvalue weighted by molar-refractivity contribution is -0.384. The number of rotatable bonds is 9. The molecule has 1 amide bonds. The molecule has 3 rings (SSSR count). The number of nitro groups is 1. The molecule has 0 fully saturated rings. The Bertz CT molecular complexity index is 1030. The molecule has 8 nitrogen and oxygen atoms in total. The molecular weight excluding hydrogens is 402 g/mol. The number of nitrogens with one attached hydrogen (secondary N) is 1. The second-order valence-corrected chi connectivity index (χ2v) is 7.69. The molecule has 1 N–H and O–H groups in total. The summed E-state index contributed by atoms with van der Waals surface area (Å²) >= 11 is 1.53. The van der Waals surface area contributed by atoms with Crippen LogP contribution in [0.5, 0.6) is 0 Å². The number of nitrogens with zero attached hydrogens (tertiary/aromatic N) is 4. The Kier molecular flexibility index (Phi) is 7.18. The van der Waals surface area contributed by atoms with E-state index in [-0.39, 0.29) is 18.1 Å². The van der Waals surface area contributed by atoms with Crippen molar-refractivity contribution in [2.75, 3.05) is 0 Å². The lowest BCUT2D eigenvalue weighted by atomic mass is 10.1. The van der Waals surface area contributed by atoms with Crippen molar-refractivity contribution in [2.45, 2.75) is 44.1 Å². The van der Waals surface area contributed by atoms with Gasteiger partial charge in [0.05, 0.1) is 11.5 Å². The van der Waals surface area contributed by atoms with Gasteiger partial charge in [-0.15, -0.1) is 10.2 Å². The quantitative estimate of drug-likeness (QED) is 0.313. The van der Waals surface area contributed by atoms with Gasteiger partial charge in [0.25, 0.3) is 5.69 Å². The summed E-state index contributed by atoms with van der Waals surface area (Å²) < 4.78 is 1.83. The molecule has 0 aliphatic carbocycles. The van der Waals surface area contributed by atoms with E-state index in [0.717, 1.165) is 6.42 Å². The maximum atomic E-state index is 11.9. The highest BCUT2D eigenvalue weighted by atomic mass is 32.2. The van der Waals surface area contributed by atoms with Crippen LogP contribution in [-0.4, -0.2) is 25.6 Å². The van der Waals surface area contributed by atoms with Crippen molar-refractivity contribution < 1.29 is 9.72 Å². The molecule has 0 atom stereocenters. The zero-order valence-corrected chi connectivity index (χ0v) is 17.7. The molecule has 0 saturated carbocycles. The third kappa shape index (κ3) is 5.24. The number of carbonyl (C=O) groups excluding carboxylic acids is 1. The van der Waals surface area contributed by atoms with Crippen LogP contribution in [0.1, 0.15) is 36.7 Å². The van der Waals surface area contributed by atoms with Gasteiger partial charge in [0, 0.05) is 30.0 Å². The molecule has 0 spiro atoms. The summed E-state index contributed by atoms with van der Waals surface area (Å²) in [6.45, 7) is 4.23. The number of amides is 1. The summed E-state index contributed by atoms with van der Waals surface area (Å²) in [5.74, 6) is 1.23. The number of aryl methyl sites for hydroxylation is 1. The van der Waals surface area contributed by atoms with Crippen molar-refractivity contribution in [2.24, 2.45) is 0 Å². The van der Waals surface area contributed by atoms with Gasteiger partial charge in [-0.25, -0.2) is 0 Å². The van der Waals surface area contributed by atoms with Crippen LogP contribution in [0, 0.1) is 17.0 Å². The molecule has 156 valence electrons. The molecule has 0 aliphatic heterocycles. The van der Waals surface area contributed by atoms with Gasteiger partial charge in [-0.2, -0.15) is 0 Å². The van der Waals surface area contributed by atoms with Crippen LogP contribution < -0.4 is 5.32 Å². The Hall–Kier alpha value is -3.20. The van der Waals surface area contributed by atoms with Crippen LogP contribution >= 0.6 is 11.8 Å². The molecule has 0 aliphatic rings. The smallest absolute Gasteiger partial charge is 0.269 e. The molecule has 2 aromatic carbocycles. The Balaban J connectivity index is 1.88. The number of carbonyl (C=O) groups is 1. The Morgan fingerprint density at radius 2 is 1.90 bits per heavy atom. The van der Waals surface area contributed by atoms with E-state index in [1.807, 2.05) is 23.6 Å². The zero-order valence-electron chi connectivity index (χ0n) is 16.9. The fourth-order valence-corrected chi connectivity index (χ4v) is 3.95. The summed E-state index contributed by atoms with van der Waals surface area (Å²) in [5, 5.41) is 23.1. The Labute approximate surface area is 178 Å². The van der Waals surface area contributed by atoms with Crippen molar-refractivity contribution in [3.05, 3.63) is 75.6 Å². The van der Waals surface area contributed by atoms with Gasteiger partial charge in [-0.3, -0.25) is 19.5 Å². The number of aromatic nitrogens is 3. The number of hydrogen-bond acceptors (Lipinski definition) is 6. The summed E-state index contributed by atoms with van der Waals surface area (Å²) in [5.41, 5.74) is 3.10. The molecule has 9 heteroatoms. The second kappa shape index (κ2) is 10.0.